The van der Waals surface area contributed by atoms with Gasteiger partial charge in [-0.15, -0.1) is 0 Å². The summed E-state index contributed by atoms with van der Waals surface area (Å²) in [5.74, 6) is 2.50. The summed E-state index contributed by atoms with van der Waals surface area (Å²) in [6.07, 6.45) is 0. The monoisotopic (exact) mass is 397 g/mol. The van der Waals surface area contributed by atoms with E-state index >= 15 is 0 Å². The summed E-state index contributed by atoms with van der Waals surface area (Å²) in [6.45, 7) is 0.778. The molecule has 0 spiro atoms. The van der Waals surface area contributed by atoms with Crippen LogP contribution in [0.1, 0.15) is 5.56 Å². The number of rotatable bonds is 5. The van der Waals surface area contributed by atoms with Gasteiger partial charge in [0.25, 0.3) is 5.56 Å². The molecular formula is C21H19NO7. The molecule has 0 amide bonds. The minimum Gasteiger partial charge on any atom is -0.454 e. The molecule has 8 heteroatoms. The molecule has 0 unspecified atom stereocenters. The van der Waals surface area contributed by atoms with Gasteiger partial charge in [-0.05, 0) is 41.3 Å². The van der Waals surface area contributed by atoms with Crippen molar-refractivity contribution in [3.05, 3.63) is 46.2 Å². The zero-order chi connectivity index (χ0) is 20.0. The number of fused-ring (bicyclic) bond motifs is 3. The van der Waals surface area contributed by atoms with E-state index in [2.05, 4.69) is 0 Å². The van der Waals surface area contributed by atoms with E-state index in [1.165, 1.54) is 0 Å². The van der Waals surface area contributed by atoms with Gasteiger partial charge in [0.2, 0.25) is 13.6 Å². The Morgan fingerprint density at radius 3 is 2.31 bits per heavy atom. The highest BCUT2D eigenvalue weighted by Crippen LogP contribution is 2.40. The largest absolute Gasteiger partial charge is 0.454 e. The first-order valence-electron chi connectivity index (χ1n) is 9.08. The summed E-state index contributed by atoms with van der Waals surface area (Å²) in [6, 6.07) is 9.27. The lowest BCUT2D eigenvalue weighted by molar-refractivity contribution is -0.0389. The van der Waals surface area contributed by atoms with Crippen molar-refractivity contribution in [1.29, 1.82) is 0 Å². The van der Waals surface area contributed by atoms with Gasteiger partial charge in [-0.3, -0.25) is 4.79 Å². The first-order valence-corrected chi connectivity index (χ1v) is 9.08. The van der Waals surface area contributed by atoms with Crippen LogP contribution in [0.5, 0.6) is 23.0 Å². The Morgan fingerprint density at radius 2 is 1.59 bits per heavy atom. The third kappa shape index (κ3) is 2.97. The van der Waals surface area contributed by atoms with E-state index in [0.717, 1.165) is 22.2 Å². The molecule has 0 radical (unpaired) electrons. The highest BCUT2D eigenvalue weighted by molar-refractivity contribution is 5.89. The third-order valence-corrected chi connectivity index (χ3v) is 5.07. The minimum absolute atomic E-state index is 0.128. The molecule has 2 aliphatic heterocycles. The molecular weight excluding hydrogens is 378 g/mol. The fraction of sp³-hybridized carbons (Fsp3) is 0.286. The zero-order valence-electron chi connectivity index (χ0n) is 16.0. The van der Waals surface area contributed by atoms with Crippen LogP contribution in [0.3, 0.4) is 0 Å². The van der Waals surface area contributed by atoms with E-state index in [4.69, 9.17) is 28.4 Å². The summed E-state index contributed by atoms with van der Waals surface area (Å²) in [4.78, 5) is 13.1. The molecule has 2 aliphatic rings. The quantitative estimate of drug-likeness (QED) is 0.484. The molecule has 29 heavy (non-hydrogen) atoms. The summed E-state index contributed by atoms with van der Waals surface area (Å²) >= 11 is 0. The molecule has 0 aliphatic carbocycles. The lowest BCUT2D eigenvalue weighted by Crippen LogP contribution is -2.19. The van der Waals surface area contributed by atoms with E-state index in [1.54, 1.807) is 24.8 Å². The topological polar surface area (TPSA) is 77.4 Å². The lowest BCUT2D eigenvalue weighted by Gasteiger charge is -2.16. The van der Waals surface area contributed by atoms with Gasteiger partial charge in [0.1, 0.15) is 6.79 Å². The van der Waals surface area contributed by atoms with Crippen LogP contribution in [0, 0.1) is 0 Å². The number of nitrogens with zero attached hydrogens (tertiary/aromatic N) is 1. The van der Waals surface area contributed by atoms with Crippen molar-refractivity contribution in [1.82, 2.24) is 4.57 Å². The van der Waals surface area contributed by atoms with Gasteiger partial charge in [-0.1, -0.05) is 0 Å². The third-order valence-electron chi connectivity index (χ3n) is 5.07. The molecule has 150 valence electrons. The molecule has 0 saturated carbocycles. The molecule has 3 heterocycles. The van der Waals surface area contributed by atoms with Crippen LogP contribution in [0.2, 0.25) is 0 Å². The number of pyridine rings is 1. The second-order valence-electron chi connectivity index (χ2n) is 6.80. The fourth-order valence-electron chi connectivity index (χ4n) is 3.63. The van der Waals surface area contributed by atoms with Crippen LogP contribution in [-0.4, -0.2) is 32.1 Å². The van der Waals surface area contributed by atoms with Crippen molar-refractivity contribution in [2.75, 3.05) is 27.5 Å². The van der Waals surface area contributed by atoms with E-state index in [9.17, 15) is 4.79 Å². The predicted octanol–water partition coefficient (Wildman–Crippen LogP) is 2.78. The van der Waals surface area contributed by atoms with Gasteiger partial charge in [-0.25, -0.2) is 0 Å². The molecule has 5 rings (SSSR count). The summed E-state index contributed by atoms with van der Waals surface area (Å²) in [7, 11) is 3.31. The normalized spacial score (nSPS) is 14.0. The van der Waals surface area contributed by atoms with Gasteiger partial charge < -0.3 is 33.0 Å². The maximum Gasteiger partial charge on any atom is 0.258 e. The average Bonchev–Trinajstić information content (AvgIpc) is 3.37. The van der Waals surface area contributed by atoms with Crippen molar-refractivity contribution in [3.8, 4) is 34.3 Å². The first kappa shape index (κ1) is 17.8. The average molecular weight is 397 g/mol. The Balaban J connectivity index is 1.69. The smallest absolute Gasteiger partial charge is 0.258 e. The van der Waals surface area contributed by atoms with E-state index < -0.39 is 0 Å². The van der Waals surface area contributed by atoms with Gasteiger partial charge in [0.05, 0.1) is 17.7 Å². The molecule has 0 saturated heterocycles. The van der Waals surface area contributed by atoms with Crippen molar-refractivity contribution < 1.29 is 28.4 Å². The number of hydrogen-bond donors (Lipinski definition) is 0. The highest BCUT2D eigenvalue weighted by atomic mass is 16.7. The van der Waals surface area contributed by atoms with E-state index in [0.29, 0.717) is 35.0 Å². The molecule has 0 bridgehead atoms. The molecule has 0 atom stereocenters. The molecule has 0 N–H and O–H groups in total. The second-order valence-corrected chi connectivity index (χ2v) is 6.80. The maximum absolute atomic E-state index is 13.1. The van der Waals surface area contributed by atoms with Gasteiger partial charge in [0.15, 0.2) is 23.0 Å². The van der Waals surface area contributed by atoms with Gasteiger partial charge in [0, 0.05) is 19.7 Å². The number of ether oxygens (including phenoxy) is 6. The van der Waals surface area contributed by atoms with Crippen molar-refractivity contribution in [2.24, 2.45) is 7.05 Å². The molecule has 2 aromatic carbocycles. The van der Waals surface area contributed by atoms with Crippen LogP contribution < -0.4 is 24.5 Å². The summed E-state index contributed by atoms with van der Waals surface area (Å²) < 4.78 is 34.1. The second kappa shape index (κ2) is 6.98. The number of aromatic nitrogens is 1. The summed E-state index contributed by atoms with van der Waals surface area (Å²) in [5.41, 5.74) is 2.29. The molecule has 0 fully saturated rings. The summed E-state index contributed by atoms with van der Waals surface area (Å²) in [5, 5.41) is 1.34. The Bertz CT molecular complexity index is 1170. The maximum atomic E-state index is 13.1. The van der Waals surface area contributed by atoms with Gasteiger partial charge >= 0.3 is 0 Å². The number of benzene rings is 2. The molecule has 3 aromatic rings. The van der Waals surface area contributed by atoms with E-state index in [1.807, 2.05) is 24.3 Å². The lowest BCUT2D eigenvalue weighted by atomic mass is 10.0. The zero-order valence-corrected chi connectivity index (χ0v) is 16.0. The van der Waals surface area contributed by atoms with Crippen LogP contribution >= 0.6 is 0 Å². The Morgan fingerprint density at radius 1 is 0.931 bits per heavy atom. The van der Waals surface area contributed by atoms with Crippen molar-refractivity contribution in [3.63, 3.8) is 0 Å². The minimum atomic E-state index is -0.128. The number of methoxy groups -OCH3 is 1. The molecule has 1 aromatic heterocycles. The van der Waals surface area contributed by atoms with Crippen LogP contribution in [0.4, 0.5) is 0 Å². The van der Waals surface area contributed by atoms with Gasteiger partial charge in [-0.2, -0.15) is 0 Å². The SMILES string of the molecule is COCOCc1cc2c(cc1-c1cc3cc4c(cc3c(=O)n1C)OCO4)OCO2. The van der Waals surface area contributed by atoms with Crippen LogP contribution in [-0.2, 0) is 23.1 Å². The van der Waals surface area contributed by atoms with Crippen molar-refractivity contribution >= 4 is 10.8 Å². The fourth-order valence-corrected chi connectivity index (χ4v) is 3.63. The Hall–Kier alpha value is -3.23. The Labute approximate surface area is 166 Å². The standard InChI is InChI=1S/C21H19NO7/c1-22-16(3-12-4-17-20(29-10-26-17)7-15(12)21(22)23)14-6-19-18(27-11-28-19)5-13(14)8-25-9-24-2/h3-7H,8-11H2,1-2H3. The molecule has 8 nitrogen and oxygen atoms in total. The number of hydrogen-bond acceptors (Lipinski definition) is 7. The van der Waals surface area contributed by atoms with E-state index in [-0.39, 0.29) is 25.9 Å². The predicted molar refractivity (Wildman–Crippen MR) is 104 cm³/mol. The Kier molecular flexibility index (Phi) is 4.30. The van der Waals surface area contributed by atoms with Crippen LogP contribution in [0.25, 0.3) is 22.0 Å². The van der Waals surface area contributed by atoms with Crippen LogP contribution in [0.15, 0.2) is 35.1 Å². The highest BCUT2D eigenvalue weighted by Gasteiger charge is 2.22. The van der Waals surface area contributed by atoms with Crippen molar-refractivity contribution in [2.45, 2.75) is 6.61 Å². The first-order chi connectivity index (χ1) is 14.2.